The lowest BCUT2D eigenvalue weighted by molar-refractivity contribution is 0.203. The summed E-state index contributed by atoms with van der Waals surface area (Å²) in [7, 11) is 0. The number of halogens is 1. The van der Waals surface area contributed by atoms with E-state index in [2.05, 4.69) is 38.2 Å². The van der Waals surface area contributed by atoms with Crippen LogP contribution >= 0.6 is 11.6 Å². The minimum atomic E-state index is -0.147. The first-order valence-electron chi connectivity index (χ1n) is 9.21. The molecule has 0 aliphatic carbocycles. The number of rotatable bonds is 3. The number of likely N-dealkylation sites (tertiary alicyclic amines) is 1. The van der Waals surface area contributed by atoms with Gasteiger partial charge in [0.2, 0.25) is 0 Å². The number of H-pyrrole nitrogens is 2. The highest BCUT2D eigenvalue weighted by molar-refractivity contribution is 6.30. The van der Waals surface area contributed by atoms with Crippen molar-refractivity contribution in [1.29, 1.82) is 0 Å². The van der Waals surface area contributed by atoms with Gasteiger partial charge in [0, 0.05) is 18.9 Å². The zero-order chi connectivity index (χ0) is 18.4. The topological polar surface area (TPSA) is 69.2 Å². The SMILES string of the molecule is O=c1[nH]c2ccc(C3CCN(Cc4cn5cc(Cl)ccc5n4)CC3)cc2[nH]1. The number of pyridine rings is 1. The predicted octanol–water partition coefficient (Wildman–Crippen LogP) is 3.54. The Balaban J connectivity index is 1.26. The van der Waals surface area contributed by atoms with Gasteiger partial charge in [0.05, 0.1) is 21.7 Å². The van der Waals surface area contributed by atoms with Crippen molar-refractivity contribution in [3.05, 3.63) is 69.5 Å². The number of fused-ring (bicyclic) bond motifs is 2. The second-order valence-electron chi connectivity index (χ2n) is 7.28. The molecule has 0 spiro atoms. The van der Waals surface area contributed by atoms with Crippen LogP contribution in [0.4, 0.5) is 0 Å². The molecule has 1 aliphatic heterocycles. The molecule has 4 aromatic rings. The molecule has 0 saturated carbocycles. The van der Waals surface area contributed by atoms with Gasteiger partial charge in [-0.2, -0.15) is 0 Å². The molecular weight excluding hydrogens is 362 g/mol. The van der Waals surface area contributed by atoms with E-state index in [-0.39, 0.29) is 5.69 Å². The predicted molar refractivity (Wildman–Crippen MR) is 106 cm³/mol. The normalized spacial score (nSPS) is 16.5. The van der Waals surface area contributed by atoms with E-state index in [0.717, 1.165) is 54.9 Å². The first-order valence-corrected chi connectivity index (χ1v) is 9.59. The minimum Gasteiger partial charge on any atom is -0.306 e. The summed E-state index contributed by atoms with van der Waals surface area (Å²) in [5.41, 5.74) is 4.92. The molecule has 2 N–H and O–H groups in total. The molecule has 4 heterocycles. The van der Waals surface area contributed by atoms with Crippen molar-refractivity contribution in [3.8, 4) is 0 Å². The Morgan fingerprint density at radius 2 is 1.89 bits per heavy atom. The molecule has 5 rings (SSSR count). The minimum absolute atomic E-state index is 0.147. The molecule has 3 aromatic heterocycles. The zero-order valence-electron chi connectivity index (χ0n) is 14.8. The molecule has 1 aliphatic rings. The number of aromatic nitrogens is 4. The third kappa shape index (κ3) is 3.26. The third-order valence-corrected chi connectivity index (χ3v) is 5.67. The number of hydrogen-bond donors (Lipinski definition) is 2. The van der Waals surface area contributed by atoms with Crippen LogP contribution in [0.2, 0.25) is 5.02 Å². The third-order valence-electron chi connectivity index (χ3n) is 5.45. The Hall–Kier alpha value is -2.57. The van der Waals surface area contributed by atoms with Gasteiger partial charge in [-0.1, -0.05) is 17.7 Å². The fourth-order valence-electron chi connectivity index (χ4n) is 4.05. The summed E-state index contributed by atoms with van der Waals surface area (Å²) in [6.45, 7) is 2.94. The quantitative estimate of drug-likeness (QED) is 0.570. The van der Waals surface area contributed by atoms with Crippen LogP contribution in [-0.2, 0) is 6.54 Å². The van der Waals surface area contributed by atoms with Gasteiger partial charge < -0.3 is 14.4 Å². The number of benzene rings is 1. The second-order valence-corrected chi connectivity index (χ2v) is 7.72. The Bertz CT molecular complexity index is 1170. The lowest BCUT2D eigenvalue weighted by Crippen LogP contribution is -2.32. The summed E-state index contributed by atoms with van der Waals surface area (Å²) in [5.74, 6) is 0.531. The average molecular weight is 382 g/mol. The first kappa shape index (κ1) is 16.6. The Labute approximate surface area is 160 Å². The highest BCUT2D eigenvalue weighted by Crippen LogP contribution is 2.30. The maximum absolute atomic E-state index is 11.4. The van der Waals surface area contributed by atoms with Crippen LogP contribution in [0.5, 0.6) is 0 Å². The van der Waals surface area contributed by atoms with E-state index in [1.165, 1.54) is 5.56 Å². The number of nitrogens with zero attached hydrogens (tertiary/aromatic N) is 3. The summed E-state index contributed by atoms with van der Waals surface area (Å²) in [5, 5.41) is 0.716. The number of aromatic amines is 2. The number of nitrogens with one attached hydrogen (secondary N) is 2. The summed E-state index contributed by atoms with van der Waals surface area (Å²) in [6, 6.07) is 10.1. The van der Waals surface area contributed by atoms with Gasteiger partial charge in [0.1, 0.15) is 5.65 Å². The van der Waals surface area contributed by atoms with Crippen molar-refractivity contribution in [2.75, 3.05) is 13.1 Å². The summed E-state index contributed by atoms with van der Waals surface area (Å²) in [6.07, 6.45) is 6.17. The van der Waals surface area contributed by atoms with Gasteiger partial charge >= 0.3 is 5.69 Å². The van der Waals surface area contributed by atoms with Crippen molar-refractivity contribution in [3.63, 3.8) is 0 Å². The second kappa shape index (κ2) is 6.55. The molecule has 0 radical (unpaired) electrons. The smallest absolute Gasteiger partial charge is 0.306 e. The van der Waals surface area contributed by atoms with Gasteiger partial charge in [-0.05, 0) is 61.7 Å². The van der Waals surface area contributed by atoms with Crippen LogP contribution in [0.1, 0.15) is 30.0 Å². The van der Waals surface area contributed by atoms with Crippen molar-refractivity contribution < 1.29 is 0 Å². The van der Waals surface area contributed by atoms with Gasteiger partial charge in [-0.3, -0.25) is 4.90 Å². The monoisotopic (exact) mass is 381 g/mol. The van der Waals surface area contributed by atoms with Gasteiger partial charge in [-0.25, -0.2) is 9.78 Å². The molecule has 0 unspecified atom stereocenters. The van der Waals surface area contributed by atoms with E-state index in [9.17, 15) is 4.79 Å². The van der Waals surface area contributed by atoms with Gasteiger partial charge in [0.15, 0.2) is 0 Å². The largest absolute Gasteiger partial charge is 0.323 e. The molecular formula is C20H20ClN5O. The van der Waals surface area contributed by atoms with Gasteiger partial charge in [-0.15, -0.1) is 0 Å². The van der Waals surface area contributed by atoms with E-state index in [0.29, 0.717) is 10.9 Å². The van der Waals surface area contributed by atoms with Gasteiger partial charge in [0.25, 0.3) is 0 Å². The molecule has 138 valence electrons. The van der Waals surface area contributed by atoms with E-state index >= 15 is 0 Å². The van der Waals surface area contributed by atoms with E-state index in [1.807, 2.05) is 28.8 Å². The van der Waals surface area contributed by atoms with E-state index in [4.69, 9.17) is 11.6 Å². The molecule has 0 bridgehead atoms. The highest BCUT2D eigenvalue weighted by atomic mass is 35.5. The highest BCUT2D eigenvalue weighted by Gasteiger charge is 2.21. The molecule has 6 nitrogen and oxygen atoms in total. The molecule has 1 aromatic carbocycles. The molecule has 1 saturated heterocycles. The molecule has 0 amide bonds. The summed E-state index contributed by atoms with van der Waals surface area (Å²) < 4.78 is 1.98. The molecule has 7 heteroatoms. The van der Waals surface area contributed by atoms with Crippen LogP contribution in [0.3, 0.4) is 0 Å². The first-order chi connectivity index (χ1) is 13.1. The number of hydrogen-bond acceptors (Lipinski definition) is 3. The Morgan fingerprint density at radius 3 is 2.74 bits per heavy atom. The Kier molecular flexibility index (Phi) is 4.02. The fraction of sp³-hybridized carbons (Fsp3) is 0.300. The number of piperidine rings is 1. The maximum atomic E-state index is 11.4. The fourth-order valence-corrected chi connectivity index (χ4v) is 4.22. The summed E-state index contributed by atoms with van der Waals surface area (Å²) in [4.78, 5) is 24.2. The van der Waals surface area contributed by atoms with Crippen LogP contribution in [0, 0.1) is 0 Å². The summed E-state index contributed by atoms with van der Waals surface area (Å²) >= 11 is 6.05. The molecule has 27 heavy (non-hydrogen) atoms. The Morgan fingerprint density at radius 1 is 1.07 bits per heavy atom. The van der Waals surface area contributed by atoms with Crippen molar-refractivity contribution in [1.82, 2.24) is 24.3 Å². The number of imidazole rings is 2. The van der Waals surface area contributed by atoms with Crippen LogP contribution in [-0.4, -0.2) is 37.3 Å². The zero-order valence-corrected chi connectivity index (χ0v) is 15.5. The van der Waals surface area contributed by atoms with Crippen LogP contribution < -0.4 is 5.69 Å². The van der Waals surface area contributed by atoms with Crippen molar-refractivity contribution in [2.24, 2.45) is 0 Å². The van der Waals surface area contributed by atoms with Crippen molar-refractivity contribution >= 4 is 28.3 Å². The van der Waals surface area contributed by atoms with Crippen molar-refractivity contribution in [2.45, 2.75) is 25.3 Å². The lowest BCUT2D eigenvalue weighted by atomic mass is 9.89. The molecule has 1 fully saturated rings. The van der Waals surface area contributed by atoms with Crippen LogP contribution in [0.25, 0.3) is 16.7 Å². The molecule has 0 atom stereocenters. The lowest BCUT2D eigenvalue weighted by Gasteiger charge is -2.31. The average Bonchev–Trinajstić information content (AvgIpc) is 3.22. The maximum Gasteiger partial charge on any atom is 0.323 e. The standard InChI is InChI=1S/C20H20ClN5O/c21-15-2-4-19-22-16(12-26(19)10-15)11-25-7-5-13(6-8-25)14-1-3-17-18(9-14)24-20(27)23-17/h1-4,9-10,12-13H,5-8,11H2,(H2,23,24,27). The van der Waals surface area contributed by atoms with E-state index < -0.39 is 0 Å². The van der Waals surface area contributed by atoms with Crippen LogP contribution in [0.15, 0.2) is 47.5 Å². The van der Waals surface area contributed by atoms with E-state index in [1.54, 1.807) is 0 Å².